The average Bonchev–Trinajstić information content (AvgIpc) is 3.22. The third kappa shape index (κ3) is 4.57. The number of nitrogens with zero attached hydrogens (tertiary/aromatic N) is 2. The lowest BCUT2D eigenvalue weighted by atomic mass is 10.2. The van der Waals surface area contributed by atoms with Crippen LogP contribution < -0.4 is 5.32 Å². The molecule has 0 saturated carbocycles. The summed E-state index contributed by atoms with van der Waals surface area (Å²) in [7, 11) is 0. The fourth-order valence-electron chi connectivity index (χ4n) is 2.77. The Labute approximate surface area is 150 Å². The summed E-state index contributed by atoms with van der Waals surface area (Å²) in [4.78, 5) is 28.7. The second-order valence-corrected chi connectivity index (χ2v) is 6.93. The third-order valence-corrected chi connectivity index (χ3v) is 5.04. The smallest absolute Gasteiger partial charge is 0.320 e. The molecule has 132 valence electrons. The van der Waals surface area contributed by atoms with Crippen LogP contribution in [0, 0.1) is 5.82 Å². The number of amides is 3. The summed E-state index contributed by atoms with van der Waals surface area (Å²) in [5, 5.41) is 4.84. The fourth-order valence-corrected chi connectivity index (χ4v) is 3.48. The van der Waals surface area contributed by atoms with E-state index in [-0.39, 0.29) is 30.8 Å². The SMILES string of the molecule is O=C(CN1CCN(Cc2ccccc2F)C1=O)NCCc1cccs1. The summed E-state index contributed by atoms with van der Waals surface area (Å²) in [6.45, 7) is 1.79. The van der Waals surface area contributed by atoms with Crippen LogP contribution in [0.1, 0.15) is 10.4 Å². The first-order valence-electron chi connectivity index (χ1n) is 8.20. The Morgan fingerprint density at radius 1 is 1.16 bits per heavy atom. The molecule has 1 aromatic heterocycles. The molecule has 1 saturated heterocycles. The lowest BCUT2D eigenvalue weighted by molar-refractivity contribution is -0.121. The van der Waals surface area contributed by atoms with Crippen molar-refractivity contribution in [1.82, 2.24) is 15.1 Å². The Kier molecular flexibility index (Phi) is 5.65. The summed E-state index contributed by atoms with van der Waals surface area (Å²) in [5.74, 6) is -0.488. The quantitative estimate of drug-likeness (QED) is 0.824. The second kappa shape index (κ2) is 8.11. The van der Waals surface area contributed by atoms with Crippen LogP contribution >= 0.6 is 11.3 Å². The number of halogens is 1. The lowest BCUT2D eigenvalue weighted by Crippen LogP contribution is -2.40. The van der Waals surface area contributed by atoms with Crippen LogP contribution in [0.3, 0.4) is 0 Å². The molecule has 0 spiro atoms. The van der Waals surface area contributed by atoms with E-state index < -0.39 is 0 Å². The highest BCUT2D eigenvalue weighted by Gasteiger charge is 2.30. The zero-order chi connectivity index (χ0) is 17.6. The van der Waals surface area contributed by atoms with E-state index in [0.29, 0.717) is 25.2 Å². The van der Waals surface area contributed by atoms with E-state index in [0.717, 1.165) is 6.42 Å². The minimum absolute atomic E-state index is 0.0387. The maximum absolute atomic E-state index is 13.7. The van der Waals surface area contributed by atoms with E-state index >= 15 is 0 Å². The van der Waals surface area contributed by atoms with E-state index in [2.05, 4.69) is 5.32 Å². The highest BCUT2D eigenvalue weighted by Crippen LogP contribution is 2.15. The fraction of sp³-hybridized carbons (Fsp3) is 0.333. The Balaban J connectivity index is 1.45. The summed E-state index contributed by atoms with van der Waals surface area (Å²) < 4.78 is 13.7. The largest absolute Gasteiger partial charge is 0.354 e. The number of carbonyl (C=O) groups is 2. The van der Waals surface area contributed by atoms with Crippen molar-refractivity contribution in [3.05, 3.63) is 58.0 Å². The van der Waals surface area contributed by atoms with Gasteiger partial charge in [0.2, 0.25) is 5.91 Å². The molecule has 0 aliphatic carbocycles. The molecule has 3 rings (SSSR count). The molecule has 1 aromatic carbocycles. The molecule has 1 N–H and O–H groups in total. The normalized spacial score (nSPS) is 14.2. The third-order valence-electron chi connectivity index (χ3n) is 4.11. The van der Waals surface area contributed by atoms with E-state index in [1.807, 2.05) is 17.5 Å². The summed E-state index contributed by atoms with van der Waals surface area (Å²) in [5.41, 5.74) is 0.484. The van der Waals surface area contributed by atoms with Crippen molar-refractivity contribution < 1.29 is 14.0 Å². The van der Waals surface area contributed by atoms with Gasteiger partial charge in [0.25, 0.3) is 0 Å². The molecule has 0 radical (unpaired) electrons. The van der Waals surface area contributed by atoms with E-state index in [1.165, 1.54) is 15.8 Å². The number of carbonyl (C=O) groups excluding carboxylic acids is 2. The van der Waals surface area contributed by atoms with Crippen molar-refractivity contribution in [3.63, 3.8) is 0 Å². The van der Waals surface area contributed by atoms with Gasteiger partial charge in [0.1, 0.15) is 12.4 Å². The first kappa shape index (κ1) is 17.4. The van der Waals surface area contributed by atoms with Crippen LogP contribution in [0.25, 0.3) is 0 Å². The van der Waals surface area contributed by atoms with Gasteiger partial charge in [0.15, 0.2) is 0 Å². The number of hydrogen-bond acceptors (Lipinski definition) is 3. The Bertz CT molecular complexity index is 736. The van der Waals surface area contributed by atoms with Crippen molar-refractivity contribution in [1.29, 1.82) is 0 Å². The number of rotatable bonds is 7. The number of benzene rings is 1. The number of thiophene rings is 1. The van der Waals surface area contributed by atoms with Crippen LogP contribution in [-0.2, 0) is 17.8 Å². The Morgan fingerprint density at radius 2 is 1.96 bits per heavy atom. The highest BCUT2D eigenvalue weighted by molar-refractivity contribution is 7.09. The zero-order valence-corrected chi connectivity index (χ0v) is 14.6. The topological polar surface area (TPSA) is 52.7 Å². The molecule has 5 nitrogen and oxygen atoms in total. The van der Waals surface area contributed by atoms with E-state index in [1.54, 1.807) is 34.4 Å². The molecule has 2 heterocycles. The van der Waals surface area contributed by atoms with Crippen molar-refractivity contribution in [2.24, 2.45) is 0 Å². The van der Waals surface area contributed by atoms with Gasteiger partial charge in [-0.2, -0.15) is 0 Å². The van der Waals surface area contributed by atoms with Crippen LogP contribution in [-0.4, -0.2) is 47.9 Å². The van der Waals surface area contributed by atoms with Crippen molar-refractivity contribution in [3.8, 4) is 0 Å². The standard InChI is InChI=1S/C18H20FN3O2S/c19-16-6-2-1-4-14(16)12-21-9-10-22(18(21)24)13-17(23)20-8-7-15-5-3-11-25-15/h1-6,11H,7-10,12-13H2,(H,20,23). The van der Waals surface area contributed by atoms with E-state index in [4.69, 9.17) is 0 Å². The number of urea groups is 1. The van der Waals surface area contributed by atoms with Crippen LogP contribution in [0.15, 0.2) is 41.8 Å². The molecule has 2 aromatic rings. The summed E-state index contributed by atoms with van der Waals surface area (Å²) in [6, 6.07) is 10.2. The average molecular weight is 361 g/mol. The molecule has 1 aliphatic rings. The van der Waals surface area contributed by atoms with Crippen LogP contribution in [0.4, 0.5) is 9.18 Å². The first-order valence-corrected chi connectivity index (χ1v) is 9.08. The molecule has 25 heavy (non-hydrogen) atoms. The molecular formula is C18H20FN3O2S. The van der Waals surface area contributed by atoms with Gasteiger partial charge in [-0.15, -0.1) is 11.3 Å². The molecule has 0 atom stereocenters. The minimum atomic E-state index is -0.319. The predicted molar refractivity (Wildman–Crippen MR) is 94.8 cm³/mol. The van der Waals surface area contributed by atoms with Crippen LogP contribution in [0.2, 0.25) is 0 Å². The zero-order valence-electron chi connectivity index (χ0n) is 13.8. The van der Waals surface area contributed by atoms with Gasteiger partial charge in [-0.25, -0.2) is 9.18 Å². The van der Waals surface area contributed by atoms with Gasteiger partial charge in [0.05, 0.1) is 6.54 Å². The Morgan fingerprint density at radius 3 is 2.72 bits per heavy atom. The monoisotopic (exact) mass is 361 g/mol. The van der Waals surface area contributed by atoms with Crippen molar-refractivity contribution in [2.45, 2.75) is 13.0 Å². The lowest BCUT2D eigenvalue weighted by Gasteiger charge is -2.18. The first-order chi connectivity index (χ1) is 12.1. The van der Waals surface area contributed by atoms with Gasteiger partial charge in [-0.1, -0.05) is 24.3 Å². The molecule has 7 heteroatoms. The van der Waals surface area contributed by atoms with Gasteiger partial charge >= 0.3 is 6.03 Å². The van der Waals surface area contributed by atoms with E-state index in [9.17, 15) is 14.0 Å². The number of nitrogens with one attached hydrogen (secondary N) is 1. The maximum atomic E-state index is 13.7. The number of hydrogen-bond donors (Lipinski definition) is 1. The van der Waals surface area contributed by atoms with Gasteiger partial charge in [0, 0.05) is 30.1 Å². The minimum Gasteiger partial charge on any atom is -0.354 e. The van der Waals surface area contributed by atoms with Gasteiger partial charge in [-0.05, 0) is 23.9 Å². The second-order valence-electron chi connectivity index (χ2n) is 5.90. The predicted octanol–water partition coefficient (Wildman–Crippen LogP) is 2.48. The van der Waals surface area contributed by atoms with Gasteiger partial charge < -0.3 is 15.1 Å². The Hall–Kier alpha value is -2.41. The molecule has 0 unspecified atom stereocenters. The summed E-state index contributed by atoms with van der Waals surface area (Å²) >= 11 is 1.66. The summed E-state index contributed by atoms with van der Waals surface area (Å²) in [6.07, 6.45) is 0.788. The highest BCUT2D eigenvalue weighted by atomic mass is 32.1. The molecular weight excluding hydrogens is 341 g/mol. The molecule has 1 aliphatic heterocycles. The van der Waals surface area contributed by atoms with Crippen molar-refractivity contribution in [2.75, 3.05) is 26.2 Å². The molecule has 3 amide bonds. The maximum Gasteiger partial charge on any atom is 0.320 e. The van der Waals surface area contributed by atoms with Crippen LogP contribution in [0.5, 0.6) is 0 Å². The molecule has 1 fully saturated rings. The van der Waals surface area contributed by atoms with Crippen molar-refractivity contribution >= 4 is 23.3 Å². The molecule has 0 bridgehead atoms. The van der Waals surface area contributed by atoms with Gasteiger partial charge in [-0.3, -0.25) is 4.79 Å².